The minimum Gasteiger partial charge on any atom is -0.478 e. The Morgan fingerprint density at radius 3 is 2.81 bits per heavy atom. The van der Waals surface area contributed by atoms with E-state index in [0.717, 1.165) is 5.69 Å². The van der Waals surface area contributed by atoms with Gasteiger partial charge in [0.25, 0.3) is 0 Å². The molecule has 0 aliphatic rings. The summed E-state index contributed by atoms with van der Waals surface area (Å²) in [5.74, 6) is -0.439. The Labute approximate surface area is 104 Å². The Hall–Kier alpha value is -1.51. The number of aromatic nitrogens is 4. The van der Waals surface area contributed by atoms with E-state index in [9.17, 15) is 4.79 Å². The maximum Gasteiger partial charge on any atom is 0.340 e. The number of carboxylic acid groups (broad SMARTS) is 1. The number of hydrogen-bond acceptors (Lipinski definition) is 4. The van der Waals surface area contributed by atoms with E-state index in [1.165, 1.54) is 17.2 Å². The van der Waals surface area contributed by atoms with E-state index >= 15 is 0 Å². The second-order valence-corrected chi connectivity index (χ2v) is 4.11. The van der Waals surface area contributed by atoms with Crippen molar-refractivity contribution in [3.05, 3.63) is 33.5 Å². The lowest BCUT2D eigenvalue weighted by Crippen LogP contribution is -2.05. The molecule has 16 heavy (non-hydrogen) atoms. The normalized spacial score (nSPS) is 10.4. The van der Waals surface area contributed by atoms with E-state index < -0.39 is 5.97 Å². The van der Waals surface area contributed by atoms with Crippen LogP contribution in [0.1, 0.15) is 16.1 Å². The van der Waals surface area contributed by atoms with Gasteiger partial charge in [0.15, 0.2) is 5.82 Å². The molecule has 2 rings (SSSR count). The molecule has 2 heterocycles. The summed E-state index contributed by atoms with van der Waals surface area (Å²) in [5.41, 5.74) is 0.963. The molecule has 0 unspecified atom stereocenters. The van der Waals surface area contributed by atoms with Gasteiger partial charge in [0.2, 0.25) is 0 Å². The molecule has 0 bridgehead atoms. The van der Waals surface area contributed by atoms with Crippen LogP contribution in [-0.4, -0.2) is 30.8 Å². The predicted octanol–water partition coefficient (Wildman–Crippen LogP) is 1.27. The van der Waals surface area contributed by atoms with Crippen molar-refractivity contribution in [1.82, 2.24) is 19.7 Å². The summed E-state index contributed by atoms with van der Waals surface area (Å²) in [4.78, 5) is 18.8. The number of carbonyl (C=O) groups is 1. The number of rotatable bonds is 2. The highest BCUT2D eigenvalue weighted by Crippen LogP contribution is 2.15. The van der Waals surface area contributed by atoms with Crippen molar-refractivity contribution >= 4 is 28.6 Å². The smallest absolute Gasteiger partial charge is 0.340 e. The molecule has 0 aliphatic carbocycles. The first-order valence-corrected chi connectivity index (χ1v) is 5.43. The first kappa shape index (κ1) is 11.0. The summed E-state index contributed by atoms with van der Waals surface area (Å²) in [7, 11) is 0. The Kier molecular flexibility index (Phi) is 2.86. The standard InChI is InChI=1S/C9H7IN4O2/c1-5-2-7(12-4-11-5)14-8(10)6(3-13-14)9(15)16/h2-4H,1H3,(H,15,16). The summed E-state index contributed by atoms with van der Waals surface area (Å²) in [6.45, 7) is 1.83. The van der Waals surface area contributed by atoms with Crippen LogP contribution < -0.4 is 0 Å². The van der Waals surface area contributed by atoms with Gasteiger partial charge in [-0.1, -0.05) is 0 Å². The van der Waals surface area contributed by atoms with E-state index in [2.05, 4.69) is 15.1 Å². The number of aryl methyl sites for hydroxylation is 1. The fourth-order valence-electron chi connectivity index (χ4n) is 1.19. The molecule has 1 N–H and O–H groups in total. The summed E-state index contributed by atoms with van der Waals surface area (Å²) in [6.07, 6.45) is 2.73. The molecule has 0 amide bonds. The highest BCUT2D eigenvalue weighted by atomic mass is 127. The molecule has 0 aliphatic heterocycles. The average molecular weight is 330 g/mol. The maximum atomic E-state index is 10.8. The molecule has 82 valence electrons. The Balaban J connectivity index is 2.53. The zero-order valence-electron chi connectivity index (χ0n) is 8.25. The highest BCUT2D eigenvalue weighted by molar-refractivity contribution is 14.1. The van der Waals surface area contributed by atoms with Crippen molar-refractivity contribution in [3.63, 3.8) is 0 Å². The maximum absolute atomic E-state index is 10.8. The average Bonchev–Trinajstić information content (AvgIpc) is 2.60. The molecular weight excluding hydrogens is 323 g/mol. The number of aromatic carboxylic acids is 1. The SMILES string of the molecule is Cc1cc(-n2ncc(C(=O)O)c2I)ncn1. The molecule has 2 aromatic rings. The second kappa shape index (κ2) is 4.16. The quantitative estimate of drug-likeness (QED) is 0.839. The third-order valence-corrected chi connectivity index (χ3v) is 2.99. The summed E-state index contributed by atoms with van der Waals surface area (Å²) in [5, 5.41) is 12.9. The second-order valence-electron chi connectivity index (χ2n) is 3.08. The van der Waals surface area contributed by atoms with Gasteiger partial charge < -0.3 is 5.11 Å². The van der Waals surface area contributed by atoms with Crippen molar-refractivity contribution in [2.45, 2.75) is 6.92 Å². The van der Waals surface area contributed by atoms with E-state index in [4.69, 9.17) is 5.11 Å². The Bertz CT molecular complexity index is 552. The van der Waals surface area contributed by atoms with Crippen LogP contribution in [0.25, 0.3) is 5.82 Å². The van der Waals surface area contributed by atoms with Gasteiger partial charge in [0.1, 0.15) is 15.6 Å². The number of nitrogens with zero attached hydrogens (tertiary/aromatic N) is 4. The van der Waals surface area contributed by atoms with Gasteiger partial charge in [-0.2, -0.15) is 5.10 Å². The molecule has 0 spiro atoms. The van der Waals surface area contributed by atoms with Gasteiger partial charge >= 0.3 is 5.97 Å². The third-order valence-electron chi connectivity index (χ3n) is 1.95. The van der Waals surface area contributed by atoms with Gasteiger partial charge in [0.05, 0.1) is 6.20 Å². The molecular formula is C9H7IN4O2. The molecule has 6 nitrogen and oxygen atoms in total. The van der Waals surface area contributed by atoms with Crippen LogP contribution in [0.4, 0.5) is 0 Å². The zero-order valence-corrected chi connectivity index (χ0v) is 10.4. The lowest BCUT2D eigenvalue weighted by molar-refractivity contribution is 0.0695. The minimum atomic E-state index is -0.999. The molecule has 0 saturated carbocycles. The van der Waals surface area contributed by atoms with Crippen LogP contribution in [0.15, 0.2) is 18.6 Å². The van der Waals surface area contributed by atoms with Gasteiger partial charge in [0, 0.05) is 11.8 Å². The largest absolute Gasteiger partial charge is 0.478 e. The monoisotopic (exact) mass is 330 g/mol. The molecule has 0 radical (unpaired) electrons. The van der Waals surface area contributed by atoms with Gasteiger partial charge in [-0.25, -0.2) is 19.4 Å². The Morgan fingerprint density at radius 2 is 2.25 bits per heavy atom. The summed E-state index contributed by atoms with van der Waals surface area (Å²) >= 11 is 1.93. The number of carboxylic acids is 1. The number of halogens is 1. The third kappa shape index (κ3) is 1.90. The van der Waals surface area contributed by atoms with E-state index in [1.807, 2.05) is 29.5 Å². The molecule has 0 saturated heterocycles. The first-order valence-electron chi connectivity index (χ1n) is 4.35. The van der Waals surface area contributed by atoms with E-state index in [-0.39, 0.29) is 5.56 Å². The van der Waals surface area contributed by atoms with Crippen molar-refractivity contribution < 1.29 is 9.90 Å². The fraction of sp³-hybridized carbons (Fsp3) is 0.111. The van der Waals surface area contributed by atoms with Crippen LogP contribution in [0, 0.1) is 10.6 Å². The zero-order chi connectivity index (χ0) is 11.7. The van der Waals surface area contributed by atoms with Crippen LogP contribution in [0.3, 0.4) is 0 Å². The summed E-state index contributed by atoms with van der Waals surface area (Å²) < 4.78 is 1.99. The molecule has 0 atom stereocenters. The molecule has 7 heteroatoms. The van der Waals surface area contributed by atoms with Gasteiger partial charge in [-0.15, -0.1) is 0 Å². The molecule has 0 aromatic carbocycles. The highest BCUT2D eigenvalue weighted by Gasteiger charge is 2.15. The molecule has 2 aromatic heterocycles. The van der Waals surface area contributed by atoms with Gasteiger partial charge in [-0.05, 0) is 29.5 Å². The fourth-order valence-corrected chi connectivity index (χ4v) is 1.93. The van der Waals surface area contributed by atoms with Crippen LogP contribution in [0.5, 0.6) is 0 Å². The van der Waals surface area contributed by atoms with Crippen LogP contribution >= 0.6 is 22.6 Å². The van der Waals surface area contributed by atoms with Crippen LogP contribution in [-0.2, 0) is 0 Å². The molecule has 0 fully saturated rings. The van der Waals surface area contributed by atoms with Crippen molar-refractivity contribution in [1.29, 1.82) is 0 Å². The van der Waals surface area contributed by atoms with Crippen molar-refractivity contribution in [2.24, 2.45) is 0 Å². The van der Waals surface area contributed by atoms with Crippen LogP contribution in [0.2, 0.25) is 0 Å². The van der Waals surface area contributed by atoms with Gasteiger partial charge in [-0.3, -0.25) is 0 Å². The summed E-state index contributed by atoms with van der Waals surface area (Å²) in [6, 6.07) is 1.74. The van der Waals surface area contributed by atoms with E-state index in [1.54, 1.807) is 6.07 Å². The topological polar surface area (TPSA) is 80.9 Å². The minimum absolute atomic E-state index is 0.164. The predicted molar refractivity (Wildman–Crippen MR) is 63.6 cm³/mol. The lowest BCUT2D eigenvalue weighted by atomic mass is 10.4. The lowest BCUT2D eigenvalue weighted by Gasteiger charge is -2.02. The Morgan fingerprint density at radius 1 is 1.50 bits per heavy atom. The number of hydrogen-bond donors (Lipinski definition) is 1. The van der Waals surface area contributed by atoms with Crippen molar-refractivity contribution in [3.8, 4) is 5.82 Å². The van der Waals surface area contributed by atoms with E-state index in [0.29, 0.717) is 9.52 Å². The first-order chi connectivity index (χ1) is 7.59. The van der Waals surface area contributed by atoms with Crippen molar-refractivity contribution in [2.75, 3.05) is 0 Å².